The van der Waals surface area contributed by atoms with Gasteiger partial charge in [0, 0.05) is 0 Å². The second-order valence-electron chi connectivity index (χ2n) is 2.76. The van der Waals surface area contributed by atoms with E-state index in [0.717, 1.165) is 7.11 Å². The summed E-state index contributed by atoms with van der Waals surface area (Å²) in [5.74, 6) is 0. The van der Waals surface area contributed by atoms with Gasteiger partial charge in [-0.05, 0) is 6.92 Å². The average Bonchev–Trinajstić information content (AvgIpc) is 2.34. The van der Waals surface area contributed by atoms with Crippen molar-refractivity contribution in [2.45, 2.75) is 31.5 Å². The van der Waals surface area contributed by atoms with Gasteiger partial charge in [-0.2, -0.15) is 0 Å². The lowest BCUT2D eigenvalue weighted by molar-refractivity contribution is -0.140. The lowest BCUT2D eigenvalue weighted by Gasteiger charge is -2.13. The van der Waals surface area contributed by atoms with Crippen LogP contribution in [0.15, 0.2) is 0 Å². The first-order valence-electron chi connectivity index (χ1n) is 3.82. The van der Waals surface area contributed by atoms with Crippen LogP contribution in [-0.2, 0) is 14.2 Å². The molecule has 0 aliphatic carbocycles. The molecule has 0 spiro atoms. The Balaban J connectivity index is 2.49. The van der Waals surface area contributed by atoms with Crippen LogP contribution in [0.5, 0.6) is 0 Å². The Morgan fingerprint density at radius 2 is 2.00 bits per heavy atom. The van der Waals surface area contributed by atoms with Crippen molar-refractivity contribution in [1.29, 1.82) is 0 Å². The molecule has 2 N–H and O–H groups in total. The van der Waals surface area contributed by atoms with E-state index < -0.39 is 30.8 Å². The smallest absolute Gasteiger partial charge is 0.438 e. The van der Waals surface area contributed by atoms with Crippen LogP contribution in [0.3, 0.4) is 0 Å². The van der Waals surface area contributed by atoms with E-state index in [-0.39, 0.29) is 0 Å². The molecule has 0 bridgehead atoms. The predicted octanol–water partition coefficient (Wildman–Crippen LogP) is -0.764. The number of rotatable bonds is 1. The first-order chi connectivity index (χ1) is 6.06. The molecular formula is C7H12O6. The number of hydrogen-bond acceptors (Lipinski definition) is 6. The normalized spacial score (nSPS) is 38.8. The summed E-state index contributed by atoms with van der Waals surface area (Å²) < 4.78 is 13.7. The number of aliphatic hydroxyl groups is 2. The Kier molecular flexibility index (Phi) is 3.07. The lowest BCUT2D eigenvalue weighted by Crippen LogP contribution is -2.34. The van der Waals surface area contributed by atoms with Gasteiger partial charge < -0.3 is 24.4 Å². The van der Waals surface area contributed by atoms with Gasteiger partial charge in [-0.3, -0.25) is 0 Å². The van der Waals surface area contributed by atoms with E-state index in [1.165, 1.54) is 0 Å². The molecule has 6 heteroatoms. The van der Waals surface area contributed by atoms with Crippen LogP contribution >= 0.6 is 0 Å². The van der Waals surface area contributed by atoms with Gasteiger partial charge in [0.2, 0.25) is 6.29 Å². The fourth-order valence-electron chi connectivity index (χ4n) is 1.05. The summed E-state index contributed by atoms with van der Waals surface area (Å²) >= 11 is 0. The van der Waals surface area contributed by atoms with Gasteiger partial charge in [0.05, 0.1) is 13.2 Å². The van der Waals surface area contributed by atoms with Crippen LogP contribution in [0.25, 0.3) is 0 Å². The average molecular weight is 192 g/mol. The van der Waals surface area contributed by atoms with Crippen molar-refractivity contribution >= 4 is 6.16 Å². The fraction of sp³-hybridized carbons (Fsp3) is 0.857. The van der Waals surface area contributed by atoms with Gasteiger partial charge in [0.25, 0.3) is 0 Å². The second-order valence-corrected chi connectivity index (χ2v) is 2.76. The Bertz CT molecular complexity index is 193. The van der Waals surface area contributed by atoms with E-state index in [2.05, 4.69) is 9.47 Å². The van der Waals surface area contributed by atoms with E-state index in [0.29, 0.717) is 0 Å². The number of methoxy groups -OCH3 is 1. The van der Waals surface area contributed by atoms with E-state index in [4.69, 9.17) is 4.74 Å². The quantitative estimate of drug-likeness (QED) is 0.531. The minimum atomic E-state index is -1.23. The molecule has 0 aromatic rings. The second kappa shape index (κ2) is 3.91. The molecule has 0 aromatic heterocycles. The zero-order valence-electron chi connectivity index (χ0n) is 7.34. The van der Waals surface area contributed by atoms with Crippen LogP contribution in [-0.4, -0.2) is 48.1 Å². The third-order valence-electron chi connectivity index (χ3n) is 1.84. The molecule has 4 atom stereocenters. The van der Waals surface area contributed by atoms with Crippen LogP contribution in [0.1, 0.15) is 6.92 Å². The molecule has 13 heavy (non-hydrogen) atoms. The van der Waals surface area contributed by atoms with Crippen molar-refractivity contribution in [3.05, 3.63) is 0 Å². The number of hydrogen-bond donors (Lipinski definition) is 2. The lowest BCUT2D eigenvalue weighted by atomic mass is 10.2. The summed E-state index contributed by atoms with van der Waals surface area (Å²) in [4.78, 5) is 10.6. The highest BCUT2D eigenvalue weighted by atomic mass is 16.8. The molecule has 0 amide bonds. The zero-order valence-corrected chi connectivity index (χ0v) is 7.34. The minimum Gasteiger partial charge on any atom is -0.438 e. The van der Waals surface area contributed by atoms with Gasteiger partial charge in [-0.1, -0.05) is 0 Å². The third kappa shape index (κ3) is 2.09. The van der Waals surface area contributed by atoms with E-state index in [1.807, 2.05) is 0 Å². The summed E-state index contributed by atoms with van der Waals surface area (Å²) in [6.45, 7) is 1.56. The monoisotopic (exact) mass is 192 g/mol. The number of aliphatic hydroxyl groups excluding tert-OH is 2. The summed E-state index contributed by atoms with van der Waals surface area (Å²) in [7, 11) is 1.14. The van der Waals surface area contributed by atoms with Gasteiger partial charge >= 0.3 is 6.16 Å². The molecule has 76 valence electrons. The van der Waals surface area contributed by atoms with Crippen molar-refractivity contribution in [1.82, 2.24) is 0 Å². The number of carbonyl (C=O) groups excluding carboxylic acids is 1. The maximum absolute atomic E-state index is 10.6. The summed E-state index contributed by atoms with van der Waals surface area (Å²) in [5.41, 5.74) is 0. The topological polar surface area (TPSA) is 85.2 Å². The van der Waals surface area contributed by atoms with Crippen molar-refractivity contribution < 1.29 is 29.2 Å². The van der Waals surface area contributed by atoms with Crippen molar-refractivity contribution in [2.24, 2.45) is 0 Å². The molecule has 0 unspecified atom stereocenters. The molecule has 1 fully saturated rings. The number of ether oxygens (including phenoxy) is 3. The molecule has 0 aromatic carbocycles. The molecular weight excluding hydrogens is 180 g/mol. The largest absolute Gasteiger partial charge is 0.510 e. The molecule has 0 radical (unpaired) electrons. The standard InChI is InChI=1S/C7H12O6/c1-3-4(8)5(9)6(12-3)13-7(10)11-2/h3-6,8-9H,1-2H3/t3-,4+,5-,6-/m1/s1. The Hall–Kier alpha value is -0.850. The third-order valence-corrected chi connectivity index (χ3v) is 1.84. The van der Waals surface area contributed by atoms with Crippen LogP contribution < -0.4 is 0 Å². The molecule has 1 saturated heterocycles. The molecule has 1 aliphatic rings. The van der Waals surface area contributed by atoms with Crippen LogP contribution in [0.2, 0.25) is 0 Å². The molecule has 0 saturated carbocycles. The predicted molar refractivity (Wildman–Crippen MR) is 39.8 cm³/mol. The van der Waals surface area contributed by atoms with Crippen molar-refractivity contribution in [3.8, 4) is 0 Å². The molecule has 1 heterocycles. The zero-order chi connectivity index (χ0) is 10.0. The van der Waals surface area contributed by atoms with Crippen molar-refractivity contribution in [2.75, 3.05) is 7.11 Å². The Labute approximate surface area is 75.0 Å². The van der Waals surface area contributed by atoms with E-state index >= 15 is 0 Å². The highest BCUT2D eigenvalue weighted by molar-refractivity contribution is 5.59. The van der Waals surface area contributed by atoms with E-state index in [1.54, 1.807) is 6.92 Å². The highest BCUT2D eigenvalue weighted by Crippen LogP contribution is 2.21. The number of carbonyl (C=O) groups is 1. The highest BCUT2D eigenvalue weighted by Gasteiger charge is 2.42. The maximum atomic E-state index is 10.6. The first kappa shape index (κ1) is 10.2. The van der Waals surface area contributed by atoms with Crippen LogP contribution in [0, 0.1) is 0 Å². The van der Waals surface area contributed by atoms with Crippen molar-refractivity contribution in [3.63, 3.8) is 0 Å². The van der Waals surface area contributed by atoms with E-state index in [9.17, 15) is 15.0 Å². The summed E-state index contributed by atoms with van der Waals surface area (Å²) in [6, 6.07) is 0. The first-order valence-corrected chi connectivity index (χ1v) is 3.82. The Morgan fingerprint density at radius 1 is 1.38 bits per heavy atom. The van der Waals surface area contributed by atoms with Gasteiger partial charge in [0.15, 0.2) is 0 Å². The fourth-order valence-corrected chi connectivity index (χ4v) is 1.05. The minimum absolute atomic E-state index is 0.565. The van der Waals surface area contributed by atoms with Gasteiger partial charge in [-0.25, -0.2) is 4.79 Å². The molecule has 1 rings (SSSR count). The SMILES string of the molecule is COC(=O)O[C@H]1O[C@H](C)[C@H](O)[C@H]1O. The van der Waals surface area contributed by atoms with Gasteiger partial charge in [0.1, 0.15) is 12.2 Å². The molecule has 1 aliphatic heterocycles. The molecule has 6 nitrogen and oxygen atoms in total. The Morgan fingerprint density at radius 3 is 2.38 bits per heavy atom. The van der Waals surface area contributed by atoms with Gasteiger partial charge in [-0.15, -0.1) is 0 Å². The maximum Gasteiger partial charge on any atom is 0.510 e. The van der Waals surface area contributed by atoms with Crippen LogP contribution in [0.4, 0.5) is 4.79 Å². The summed E-state index contributed by atoms with van der Waals surface area (Å²) in [5, 5.41) is 18.5. The summed E-state index contributed by atoms with van der Waals surface area (Å²) in [6.07, 6.45) is -4.95.